The van der Waals surface area contributed by atoms with Crippen LogP contribution in [-0.4, -0.2) is 40.4 Å². The van der Waals surface area contributed by atoms with Crippen LogP contribution in [0.3, 0.4) is 0 Å². The molecule has 0 saturated carbocycles. The van der Waals surface area contributed by atoms with Crippen LogP contribution >= 0.6 is 0 Å². The Morgan fingerprint density at radius 1 is 1.41 bits per heavy atom. The standard InChI is InChI=1S/C13H25NO3/c1-5-6-10-7-8-11(15)9-14(10)12(16)17-13(2,3)4/h10-11,15H,5-9H2,1-4H3/t10-,11-/m1/s1. The van der Waals surface area contributed by atoms with E-state index in [4.69, 9.17) is 4.74 Å². The van der Waals surface area contributed by atoms with Crippen LogP contribution in [0.2, 0.25) is 0 Å². The van der Waals surface area contributed by atoms with Crippen LogP contribution in [0.1, 0.15) is 53.4 Å². The molecule has 1 heterocycles. The number of aliphatic hydroxyl groups excluding tert-OH is 1. The highest BCUT2D eigenvalue weighted by Crippen LogP contribution is 2.23. The molecule has 2 atom stereocenters. The molecule has 1 rings (SSSR count). The summed E-state index contributed by atoms with van der Waals surface area (Å²) in [5.41, 5.74) is -0.476. The third-order valence-electron chi connectivity index (χ3n) is 2.93. The average molecular weight is 243 g/mol. The number of carbonyl (C=O) groups is 1. The predicted octanol–water partition coefficient (Wildman–Crippen LogP) is 2.55. The molecule has 0 radical (unpaired) electrons. The summed E-state index contributed by atoms with van der Waals surface area (Å²) in [7, 11) is 0. The maximum Gasteiger partial charge on any atom is 0.410 e. The smallest absolute Gasteiger partial charge is 0.410 e. The first-order valence-corrected chi connectivity index (χ1v) is 6.51. The Bertz CT molecular complexity index is 260. The zero-order chi connectivity index (χ0) is 13.1. The first-order valence-electron chi connectivity index (χ1n) is 6.51. The Labute approximate surface area is 104 Å². The molecule has 1 amide bonds. The zero-order valence-electron chi connectivity index (χ0n) is 11.4. The molecular formula is C13H25NO3. The number of carbonyl (C=O) groups excluding carboxylic acids is 1. The van der Waals surface area contributed by atoms with Crippen LogP contribution in [-0.2, 0) is 4.74 Å². The predicted molar refractivity (Wildman–Crippen MR) is 66.9 cm³/mol. The van der Waals surface area contributed by atoms with Gasteiger partial charge in [-0.1, -0.05) is 13.3 Å². The van der Waals surface area contributed by atoms with Crippen molar-refractivity contribution >= 4 is 6.09 Å². The van der Waals surface area contributed by atoms with Crippen LogP contribution in [0.5, 0.6) is 0 Å². The highest BCUT2D eigenvalue weighted by atomic mass is 16.6. The molecule has 4 heteroatoms. The van der Waals surface area contributed by atoms with E-state index in [-0.39, 0.29) is 12.1 Å². The van der Waals surface area contributed by atoms with Crippen molar-refractivity contribution in [2.75, 3.05) is 6.54 Å². The van der Waals surface area contributed by atoms with Crippen molar-refractivity contribution in [2.45, 2.75) is 71.1 Å². The molecule has 100 valence electrons. The molecule has 1 fully saturated rings. The van der Waals surface area contributed by atoms with Gasteiger partial charge in [0, 0.05) is 6.04 Å². The maximum absolute atomic E-state index is 12.0. The molecule has 4 nitrogen and oxygen atoms in total. The summed E-state index contributed by atoms with van der Waals surface area (Å²) in [6.07, 6.45) is 2.97. The number of β-amino-alcohol motifs (C(OH)–C–C–N with tert-alkyl or cyclic N) is 1. The summed E-state index contributed by atoms with van der Waals surface area (Å²) < 4.78 is 5.38. The van der Waals surface area contributed by atoms with Crippen LogP contribution in [0, 0.1) is 0 Å². The van der Waals surface area contributed by atoms with Crippen molar-refractivity contribution in [1.82, 2.24) is 4.90 Å². The first kappa shape index (κ1) is 14.3. The second-order valence-corrected chi connectivity index (χ2v) is 5.81. The maximum atomic E-state index is 12.0. The van der Waals surface area contributed by atoms with E-state index in [1.54, 1.807) is 4.90 Å². The molecule has 0 bridgehead atoms. The molecule has 1 saturated heterocycles. The summed E-state index contributed by atoms with van der Waals surface area (Å²) in [6, 6.07) is 0.221. The van der Waals surface area contributed by atoms with Crippen LogP contribution in [0.4, 0.5) is 4.79 Å². The van der Waals surface area contributed by atoms with E-state index in [0.29, 0.717) is 6.54 Å². The number of nitrogens with zero attached hydrogens (tertiary/aromatic N) is 1. The summed E-state index contributed by atoms with van der Waals surface area (Å²) in [5.74, 6) is 0. The molecular weight excluding hydrogens is 218 g/mol. The Morgan fingerprint density at radius 2 is 2.06 bits per heavy atom. The van der Waals surface area contributed by atoms with E-state index >= 15 is 0 Å². The van der Waals surface area contributed by atoms with Gasteiger partial charge in [-0.2, -0.15) is 0 Å². The Balaban J connectivity index is 2.65. The fourth-order valence-electron chi connectivity index (χ4n) is 2.19. The summed E-state index contributed by atoms with van der Waals surface area (Å²) in [4.78, 5) is 13.7. The van der Waals surface area contributed by atoms with Crippen molar-refractivity contribution in [1.29, 1.82) is 0 Å². The highest BCUT2D eigenvalue weighted by molar-refractivity contribution is 5.68. The Morgan fingerprint density at radius 3 is 2.59 bits per heavy atom. The largest absolute Gasteiger partial charge is 0.444 e. The number of amides is 1. The lowest BCUT2D eigenvalue weighted by molar-refractivity contribution is -0.0142. The molecule has 1 N–H and O–H groups in total. The minimum atomic E-state index is -0.476. The van der Waals surface area contributed by atoms with Gasteiger partial charge in [-0.05, 0) is 40.0 Å². The Hall–Kier alpha value is -0.770. The number of ether oxygens (including phenoxy) is 1. The van der Waals surface area contributed by atoms with Crippen molar-refractivity contribution in [3.05, 3.63) is 0 Å². The quantitative estimate of drug-likeness (QED) is 0.811. The van der Waals surface area contributed by atoms with Crippen molar-refractivity contribution in [3.8, 4) is 0 Å². The van der Waals surface area contributed by atoms with Gasteiger partial charge < -0.3 is 14.7 Å². The fraction of sp³-hybridized carbons (Fsp3) is 0.923. The third kappa shape index (κ3) is 4.54. The lowest BCUT2D eigenvalue weighted by atomic mass is 9.97. The van der Waals surface area contributed by atoms with Gasteiger partial charge in [0.2, 0.25) is 0 Å². The summed E-state index contributed by atoms with van der Waals surface area (Å²) >= 11 is 0. The van der Waals surface area contributed by atoms with E-state index < -0.39 is 11.7 Å². The normalized spacial score (nSPS) is 25.8. The highest BCUT2D eigenvalue weighted by Gasteiger charge is 2.32. The van der Waals surface area contributed by atoms with Crippen molar-refractivity contribution in [2.24, 2.45) is 0 Å². The van der Waals surface area contributed by atoms with Crippen LogP contribution in [0.15, 0.2) is 0 Å². The van der Waals surface area contributed by atoms with E-state index in [2.05, 4.69) is 6.92 Å². The third-order valence-corrected chi connectivity index (χ3v) is 2.93. The minimum absolute atomic E-state index is 0.221. The minimum Gasteiger partial charge on any atom is -0.444 e. The zero-order valence-corrected chi connectivity index (χ0v) is 11.4. The molecule has 0 aromatic carbocycles. The molecule has 0 spiro atoms. The number of likely N-dealkylation sites (tertiary alicyclic amines) is 1. The molecule has 1 aliphatic heterocycles. The van der Waals surface area contributed by atoms with Gasteiger partial charge in [0.1, 0.15) is 5.60 Å². The lowest BCUT2D eigenvalue weighted by Gasteiger charge is -2.38. The number of aliphatic hydroxyl groups is 1. The lowest BCUT2D eigenvalue weighted by Crippen LogP contribution is -2.50. The molecule has 0 aromatic rings. The molecule has 0 aliphatic carbocycles. The number of rotatable bonds is 2. The number of piperidine rings is 1. The van der Waals surface area contributed by atoms with Gasteiger partial charge in [0.05, 0.1) is 12.6 Å². The van der Waals surface area contributed by atoms with Gasteiger partial charge in [-0.15, -0.1) is 0 Å². The van der Waals surface area contributed by atoms with E-state index in [9.17, 15) is 9.90 Å². The van der Waals surface area contributed by atoms with Gasteiger partial charge in [0.25, 0.3) is 0 Å². The van der Waals surface area contributed by atoms with Gasteiger partial charge >= 0.3 is 6.09 Å². The first-order chi connectivity index (χ1) is 7.83. The summed E-state index contributed by atoms with van der Waals surface area (Å²) in [5, 5.41) is 9.66. The number of hydrogen-bond acceptors (Lipinski definition) is 3. The average Bonchev–Trinajstić information content (AvgIpc) is 2.18. The fourth-order valence-corrected chi connectivity index (χ4v) is 2.19. The van der Waals surface area contributed by atoms with Gasteiger partial charge in [-0.3, -0.25) is 0 Å². The van der Waals surface area contributed by atoms with Crippen molar-refractivity contribution < 1.29 is 14.6 Å². The van der Waals surface area contributed by atoms with Crippen LogP contribution in [0.25, 0.3) is 0 Å². The van der Waals surface area contributed by atoms with Gasteiger partial charge in [-0.25, -0.2) is 4.79 Å². The summed E-state index contributed by atoms with van der Waals surface area (Å²) in [6.45, 7) is 8.10. The number of hydrogen-bond donors (Lipinski definition) is 1. The van der Waals surface area contributed by atoms with E-state index in [0.717, 1.165) is 25.7 Å². The Kier molecular flexibility index (Phi) is 4.80. The van der Waals surface area contributed by atoms with Gasteiger partial charge in [0.15, 0.2) is 0 Å². The second kappa shape index (κ2) is 5.71. The van der Waals surface area contributed by atoms with Crippen molar-refractivity contribution in [3.63, 3.8) is 0 Å². The monoisotopic (exact) mass is 243 g/mol. The molecule has 17 heavy (non-hydrogen) atoms. The van der Waals surface area contributed by atoms with E-state index in [1.807, 2.05) is 20.8 Å². The topological polar surface area (TPSA) is 49.8 Å². The molecule has 0 unspecified atom stereocenters. The molecule has 1 aliphatic rings. The van der Waals surface area contributed by atoms with Crippen LogP contribution < -0.4 is 0 Å². The molecule has 0 aromatic heterocycles. The van der Waals surface area contributed by atoms with E-state index in [1.165, 1.54) is 0 Å². The second-order valence-electron chi connectivity index (χ2n) is 5.81. The SMILES string of the molecule is CCC[C@@H]1CC[C@@H](O)CN1C(=O)OC(C)(C)C.